The molecule has 4 nitrogen and oxygen atoms in total. The van der Waals surface area contributed by atoms with Crippen LogP contribution in [0.2, 0.25) is 0 Å². The lowest BCUT2D eigenvalue weighted by molar-refractivity contribution is 0.307. The van der Waals surface area contributed by atoms with E-state index in [1.807, 2.05) is 30.3 Å². The molecule has 1 heterocycles. The van der Waals surface area contributed by atoms with Crippen molar-refractivity contribution in [2.45, 2.75) is 6.61 Å². The van der Waals surface area contributed by atoms with Crippen molar-refractivity contribution in [3.05, 3.63) is 48.0 Å². The maximum absolute atomic E-state index is 11.9. The summed E-state index contributed by atoms with van der Waals surface area (Å²) in [4.78, 5) is 4.15. The van der Waals surface area contributed by atoms with Crippen LogP contribution >= 0.6 is 7.14 Å². The number of ether oxygens (including phenoxy) is 1. The van der Waals surface area contributed by atoms with Gasteiger partial charge in [0.1, 0.15) is 19.2 Å². The predicted octanol–water partition coefficient (Wildman–Crippen LogP) is 2.49. The average molecular weight is 276 g/mol. The van der Waals surface area contributed by atoms with E-state index < -0.39 is 7.14 Å². The highest BCUT2D eigenvalue weighted by atomic mass is 31.2. The monoisotopic (exact) mass is 276 g/mol. The van der Waals surface area contributed by atoms with Crippen LogP contribution in [0.15, 0.2) is 42.5 Å². The topological polar surface area (TPSA) is 65.2 Å². The molecule has 0 saturated heterocycles. The SMILES string of the molecule is CP(C)(=O)c1ccc(OCc2ccccc2)c(N)n1. The number of rotatable bonds is 4. The fraction of sp³-hybridized carbons (Fsp3) is 0.214. The van der Waals surface area contributed by atoms with Crippen molar-refractivity contribution < 1.29 is 9.30 Å². The number of hydrogen-bond acceptors (Lipinski definition) is 4. The Balaban J connectivity index is 2.12. The summed E-state index contributed by atoms with van der Waals surface area (Å²) in [7, 11) is -2.39. The highest BCUT2D eigenvalue weighted by Crippen LogP contribution is 2.34. The van der Waals surface area contributed by atoms with Gasteiger partial charge in [0.05, 0.1) is 0 Å². The highest BCUT2D eigenvalue weighted by Gasteiger charge is 2.14. The second kappa shape index (κ2) is 5.45. The van der Waals surface area contributed by atoms with Crippen molar-refractivity contribution in [3.63, 3.8) is 0 Å². The van der Waals surface area contributed by atoms with Crippen molar-refractivity contribution in [3.8, 4) is 5.75 Å². The van der Waals surface area contributed by atoms with Crippen LogP contribution in [0.5, 0.6) is 5.75 Å². The molecule has 0 aliphatic heterocycles. The first-order valence-electron chi connectivity index (χ1n) is 5.95. The predicted molar refractivity (Wildman–Crippen MR) is 78.5 cm³/mol. The number of nitrogens with two attached hydrogens (primary N) is 1. The van der Waals surface area contributed by atoms with Gasteiger partial charge in [0.15, 0.2) is 11.6 Å². The molecule has 0 bridgehead atoms. The standard InChI is InChI=1S/C14H17N2O2P/c1-19(2,17)13-9-8-12(14(15)16-13)18-10-11-6-4-3-5-7-11/h3-9H,10H2,1-2H3,(H2,15,16). The minimum atomic E-state index is -2.39. The number of hydrogen-bond donors (Lipinski definition) is 1. The molecule has 0 saturated carbocycles. The minimum absolute atomic E-state index is 0.275. The van der Waals surface area contributed by atoms with Crippen LogP contribution in [0.25, 0.3) is 0 Å². The lowest BCUT2D eigenvalue weighted by Gasteiger charge is -2.11. The maximum Gasteiger partial charge on any atom is 0.166 e. The molecular formula is C14H17N2O2P. The maximum atomic E-state index is 11.9. The quantitative estimate of drug-likeness (QED) is 0.871. The Bertz CT molecular complexity index is 608. The van der Waals surface area contributed by atoms with E-state index in [2.05, 4.69) is 4.98 Å². The molecule has 0 unspecified atom stereocenters. The molecular weight excluding hydrogens is 259 g/mol. The zero-order valence-corrected chi connectivity index (χ0v) is 11.9. The van der Waals surface area contributed by atoms with E-state index in [-0.39, 0.29) is 5.82 Å². The third-order valence-corrected chi connectivity index (χ3v) is 4.01. The summed E-state index contributed by atoms with van der Waals surface area (Å²) in [6.45, 7) is 3.76. The summed E-state index contributed by atoms with van der Waals surface area (Å²) >= 11 is 0. The summed E-state index contributed by atoms with van der Waals surface area (Å²) in [6, 6.07) is 13.2. The fourth-order valence-corrected chi connectivity index (χ4v) is 2.39. The van der Waals surface area contributed by atoms with E-state index in [0.29, 0.717) is 17.8 Å². The van der Waals surface area contributed by atoms with Gasteiger partial charge in [-0.1, -0.05) is 30.3 Å². The molecule has 0 aliphatic rings. The largest absolute Gasteiger partial charge is 0.485 e. The van der Waals surface area contributed by atoms with Gasteiger partial charge in [-0.25, -0.2) is 4.98 Å². The highest BCUT2D eigenvalue weighted by molar-refractivity contribution is 7.69. The third kappa shape index (κ3) is 3.58. The van der Waals surface area contributed by atoms with E-state index in [0.717, 1.165) is 5.56 Å². The Morgan fingerprint density at radius 1 is 1.16 bits per heavy atom. The second-order valence-electron chi connectivity index (χ2n) is 4.68. The summed E-state index contributed by atoms with van der Waals surface area (Å²) in [5.74, 6) is 0.790. The molecule has 19 heavy (non-hydrogen) atoms. The van der Waals surface area contributed by atoms with E-state index in [9.17, 15) is 4.57 Å². The first-order valence-corrected chi connectivity index (χ1v) is 8.56. The van der Waals surface area contributed by atoms with Gasteiger partial charge >= 0.3 is 0 Å². The van der Waals surface area contributed by atoms with Gasteiger partial charge in [0.25, 0.3) is 0 Å². The Morgan fingerprint density at radius 2 is 1.84 bits per heavy atom. The summed E-state index contributed by atoms with van der Waals surface area (Å²) in [5.41, 5.74) is 7.41. The van der Waals surface area contributed by atoms with Gasteiger partial charge < -0.3 is 15.0 Å². The molecule has 0 radical (unpaired) electrons. The Hall–Kier alpha value is -1.80. The first-order chi connectivity index (χ1) is 8.97. The van der Waals surface area contributed by atoms with Crippen molar-refractivity contribution in [1.29, 1.82) is 0 Å². The smallest absolute Gasteiger partial charge is 0.166 e. The van der Waals surface area contributed by atoms with Gasteiger partial charge in [-0.3, -0.25) is 0 Å². The molecule has 0 atom stereocenters. The van der Waals surface area contributed by atoms with Gasteiger partial charge in [0, 0.05) is 0 Å². The van der Waals surface area contributed by atoms with Gasteiger partial charge in [0.2, 0.25) is 0 Å². The van der Waals surface area contributed by atoms with Crippen LogP contribution in [-0.2, 0) is 11.2 Å². The van der Waals surface area contributed by atoms with E-state index in [1.54, 1.807) is 25.5 Å². The normalized spacial score (nSPS) is 11.3. The molecule has 0 amide bonds. The zero-order valence-electron chi connectivity index (χ0n) is 11.0. The lowest BCUT2D eigenvalue weighted by Crippen LogP contribution is -2.11. The molecule has 2 N–H and O–H groups in total. The third-order valence-electron chi connectivity index (χ3n) is 2.66. The minimum Gasteiger partial charge on any atom is -0.485 e. The van der Waals surface area contributed by atoms with Gasteiger partial charge in [-0.15, -0.1) is 0 Å². The lowest BCUT2D eigenvalue weighted by atomic mass is 10.2. The number of aromatic nitrogens is 1. The molecule has 5 heteroatoms. The van der Waals surface area contributed by atoms with Crippen molar-refractivity contribution >= 4 is 18.4 Å². The second-order valence-corrected chi connectivity index (χ2v) is 7.84. The molecule has 2 aromatic rings. The first kappa shape index (κ1) is 13.6. The van der Waals surface area contributed by atoms with Crippen molar-refractivity contribution in [2.24, 2.45) is 0 Å². The molecule has 100 valence electrons. The van der Waals surface area contributed by atoms with E-state index in [4.69, 9.17) is 10.5 Å². The van der Waals surface area contributed by atoms with Crippen LogP contribution in [0.3, 0.4) is 0 Å². The molecule has 2 rings (SSSR count). The van der Waals surface area contributed by atoms with Gasteiger partial charge in [-0.05, 0) is 31.0 Å². The number of benzene rings is 1. The Kier molecular flexibility index (Phi) is 3.91. The Morgan fingerprint density at radius 3 is 2.42 bits per heavy atom. The van der Waals surface area contributed by atoms with Crippen LogP contribution in [0.4, 0.5) is 5.82 Å². The summed E-state index contributed by atoms with van der Waals surface area (Å²) in [5, 5.41) is 0. The fourth-order valence-electron chi connectivity index (χ4n) is 1.61. The van der Waals surface area contributed by atoms with Crippen LogP contribution < -0.4 is 15.9 Å². The average Bonchev–Trinajstić information content (AvgIpc) is 2.37. The van der Waals surface area contributed by atoms with E-state index in [1.165, 1.54) is 0 Å². The van der Waals surface area contributed by atoms with Crippen LogP contribution in [0, 0.1) is 0 Å². The Labute approximate surface area is 113 Å². The molecule has 0 spiro atoms. The molecule has 1 aromatic carbocycles. The molecule has 0 aliphatic carbocycles. The van der Waals surface area contributed by atoms with Crippen molar-refractivity contribution in [1.82, 2.24) is 4.98 Å². The van der Waals surface area contributed by atoms with Crippen molar-refractivity contribution in [2.75, 3.05) is 19.1 Å². The zero-order chi connectivity index (χ0) is 13.9. The number of pyridine rings is 1. The van der Waals surface area contributed by atoms with Gasteiger partial charge in [-0.2, -0.15) is 0 Å². The van der Waals surface area contributed by atoms with Crippen LogP contribution in [0.1, 0.15) is 5.56 Å². The number of anilines is 1. The molecule has 0 fully saturated rings. The van der Waals surface area contributed by atoms with E-state index >= 15 is 0 Å². The van der Waals surface area contributed by atoms with Crippen LogP contribution in [-0.4, -0.2) is 18.3 Å². The molecule has 1 aromatic heterocycles. The number of nitrogens with zero attached hydrogens (tertiary/aromatic N) is 1. The summed E-state index contributed by atoms with van der Waals surface area (Å²) in [6.07, 6.45) is 0. The number of nitrogen functional groups attached to an aromatic ring is 1. The summed E-state index contributed by atoms with van der Waals surface area (Å²) < 4.78 is 17.5.